The molecule has 2 aromatic heterocycles. The number of thiazole rings is 1. The minimum Gasteiger partial charge on any atom is -0.366 e. The first kappa shape index (κ1) is 10.3. The molecule has 0 aliphatic carbocycles. The van der Waals surface area contributed by atoms with Crippen molar-refractivity contribution >= 4 is 27.5 Å². The van der Waals surface area contributed by atoms with E-state index in [2.05, 4.69) is 15.3 Å². The van der Waals surface area contributed by atoms with Gasteiger partial charge in [0, 0.05) is 12.6 Å². The molecule has 2 heterocycles. The second kappa shape index (κ2) is 4.12. The number of aryl methyl sites for hydroxylation is 1. The molecule has 5 heteroatoms. The van der Waals surface area contributed by atoms with Gasteiger partial charge >= 0.3 is 0 Å². The number of rotatable bonds is 3. The molecule has 1 unspecified atom stereocenters. The van der Waals surface area contributed by atoms with Gasteiger partial charge in [0.2, 0.25) is 0 Å². The first-order chi connectivity index (χ1) is 7.19. The second-order valence-electron chi connectivity index (χ2n) is 3.53. The minimum absolute atomic E-state index is 0.240. The fourth-order valence-electron chi connectivity index (χ4n) is 1.32. The van der Waals surface area contributed by atoms with Crippen molar-refractivity contribution in [1.29, 1.82) is 0 Å². The van der Waals surface area contributed by atoms with Crippen LogP contribution < -0.4 is 11.1 Å². The van der Waals surface area contributed by atoms with Crippen molar-refractivity contribution < 1.29 is 0 Å². The van der Waals surface area contributed by atoms with Crippen molar-refractivity contribution in [3.63, 3.8) is 0 Å². The van der Waals surface area contributed by atoms with Crippen LogP contribution in [0.3, 0.4) is 0 Å². The standard InChI is InChI=1S/C10H14N4S/c1-6(5-11)12-9-4-3-8-10(14-9)15-7(2)13-8/h3-4,6H,5,11H2,1-2H3,(H,12,14). The second-order valence-corrected chi connectivity index (χ2v) is 4.72. The van der Waals surface area contributed by atoms with Gasteiger partial charge in [-0.05, 0) is 26.0 Å². The summed E-state index contributed by atoms with van der Waals surface area (Å²) in [7, 11) is 0. The average Bonchev–Trinajstić information content (AvgIpc) is 2.57. The molecule has 0 saturated heterocycles. The Bertz CT molecular complexity index is 465. The van der Waals surface area contributed by atoms with Crippen molar-refractivity contribution in [3.05, 3.63) is 17.1 Å². The van der Waals surface area contributed by atoms with E-state index in [0.717, 1.165) is 21.2 Å². The number of nitrogens with one attached hydrogen (secondary N) is 1. The topological polar surface area (TPSA) is 63.8 Å². The summed E-state index contributed by atoms with van der Waals surface area (Å²) < 4.78 is 0. The van der Waals surface area contributed by atoms with Gasteiger partial charge < -0.3 is 11.1 Å². The number of aromatic nitrogens is 2. The SMILES string of the molecule is Cc1nc2ccc(NC(C)CN)nc2s1. The Kier molecular flexibility index (Phi) is 2.83. The summed E-state index contributed by atoms with van der Waals surface area (Å²) in [6.07, 6.45) is 0. The maximum atomic E-state index is 5.54. The van der Waals surface area contributed by atoms with E-state index in [1.54, 1.807) is 11.3 Å². The van der Waals surface area contributed by atoms with Gasteiger partial charge in [-0.15, -0.1) is 0 Å². The molecule has 0 radical (unpaired) electrons. The van der Waals surface area contributed by atoms with E-state index in [-0.39, 0.29) is 6.04 Å². The van der Waals surface area contributed by atoms with Gasteiger partial charge in [0.05, 0.1) is 5.01 Å². The van der Waals surface area contributed by atoms with Crippen LogP contribution in [0.5, 0.6) is 0 Å². The highest BCUT2D eigenvalue weighted by Crippen LogP contribution is 2.21. The molecule has 0 aromatic carbocycles. The molecule has 0 fully saturated rings. The largest absolute Gasteiger partial charge is 0.366 e. The number of anilines is 1. The van der Waals surface area contributed by atoms with Crippen LogP contribution in [0.1, 0.15) is 11.9 Å². The maximum absolute atomic E-state index is 5.54. The van der Waals surface area contributed by atoms with Gasteiger partial charge in [0.15, 0.2) is 0 Å². The summed E-state index contributed by atoms with van der Waals surface area (Å²) in [6, 6.07) is 4.16. The van der Waals surface area contributed by atoms with Crippen LogP contribution in [0.15, 0.2) is 12.1 Å². The Hall–Kier alpha value is -1.20. The average molecular weight is 222 g/mol. The number of nitrogens with two attached hydrogens (primary N) is 1. The molecular formula is C10H14N4S. The highest BCUT2D eigenvalue weighted by Gasteiger charge is 2.04. The normalized spacial score (nSPS) is 13.0. The smallest absolute Gasteiger partial charge is 0.145 e. The molecule has 0 aliphatic rings. The van der Waals surface area contributed by atoms with E-state index in [4.69, 9.17) is 5.73 Å². The third kappa shape index (κ3) is 2.24. The minimum atomic E-state index is 0.240. The molecule has 0 aliphatic heterocycles. The van der Waals surface area contributed by atoms with E-state index < -0.39 is 0 Å². The molecule has 3 N–H and O–H groups in total. The van der Waals surface area contributed by atoms with Gasteiger partial charge in [-0.2, -0.15) is 0 Å². The van der Waals surface area contributed by atoms with Crippen molar-refractivity contribution in [1.82, 2.24) is 9.97 Å². The Morgan fingerprint density at radius 1 is 1.47 bits per heavy atom. The summed E-state index contributed by atoms with van der Waals surface area (Å²) in [5.41, 5.74) is 6.50. The lowest BCUT2D eigenvalue weighted by atomic mass is 10.3. The number of fused-ring (bicyclic) bond motifs is 1. The third-order valence-electron chi connectivity index (χ3n) is 2.11. The third-order valence-corrected chi connectivity index (χ3v) is 2.99. The van der Waals surface area contributed by atoms with Gasteiger partial charge in [-0.3, -0.25) is 0 Å². The Morgan fingerprint density at radius 2 is 2.27 bits per heavy atom. The van der Waals surface area contributed by atoms with Crippen molar-refractivity contribution in [2.75, 3.05) is 11.9 Å². The van der Waals surface area contributed by atoms with Crippen LogP contribution >= 0.6 is 11.3 Å². The van der Waals surface area contributed by atoms with Crippen LogP contribution in [-0.2, 0) is 0 Å². The van der Waals surface area contributed by atoms with Crippen LogP contribution in [0.4, 0.5) is 5.82 Å². The molecule has 0 bridgehead atoms. The fourth-order valence-corrected chi connectivity index (χ4v) is 2.10. The van der Waals surface area contributed by atoms with E-state index in [1.165, 1.54) is 0 Å². The monoisotopic (exact) mass is 222 g/mol. The summed E-state index contributed by atoms with van der Waals surface area (Å²) >= 11 is 1.61. The lowest BCUT2D eigenvalue weighted by Crippen LogP contribution is -2.25. The van der Waals surface area contributed by atoms with Crippen LogP contribution in [0, 0.1) is 6.92 Å². The quantitative estimate of drug-likeness (QED) is 0.830. The zero-order valence-corrected chi connectivity index (χ0v) is 9.64. The predicted octanol–water partition coefficient (Wildman–Crippen LogP) is 1.76. The van der Waals surface area contributed by atoms with Crippen LogP contribution in [-0.4, -0.2) is 22.6 Å². The summed E-state index contributed by atoms with van der Waals surface area (Å²) in [4.78, 5) is 9.80. The van der Waals surface area contributed by atoms with E-state index in [1.807, 2.05) is 26.0 Å². The fraction of sp³-hybridized carbons (Fsp3) is 0.400. The zero-order chi connectivity index (χ0) is 10.8. The first-order valence-corrected chi connectivity index (χ1v) is 5.71. The lowest BCUT2D eigenvalue weighted by Gasteiger charge is -2.11. The molecule has 2 rings (SSSR count). The molecule has 1 atom stereocenters. The Balaban J connectivity index is 2.30. The molecular weight excluding hydrogens is 208 g/mol. The van der Waals surface area contributed by atoms with Crippen molar-refractivity contribution in [2.24, 2.45) is 5.73 Å². The van der Waals surface area contributed by atoms with Gasteiger partial charge in [0.25, 0.3) is 0 Å². The maximum Gasteiger partial charge on any atom is 0.145 e. The van der Waals surface area contributed by atoms with Crippen LogP contribution in [0.25, 0.3) is 10.3 Å². The molecule has 15 heavy (non-hydrogen) atoms. The van der Waals surface area contributed by atoms with Gasteiger partial charge in [0.1, 0.15) is 16.2 Å². The molecule has 80 valence electrons. The number of hydrogen-bond donors (Lipinski definition) is 2. The van der Waals surface area contributed by atoms with Gasteiger partial charge in [-0.25, -0.2) is 9.97 Å². The highest BCUT2D eigenvalue weighted by atomic mass is 32.1. The van der Waals surface area contributed by atoms with Crippen molar-refractivity contribution in [2.45, 2.75) is 19.9 Å². The van der Waals surface area contributed by atoms with Gasteiger partial charge in [-0.1, -0.05) is 11.3 Å². The molecule has 4 nitrogen and oxygen atoms in total. The van der Waals surface area contributed by atoms with Crippen molar-refractivity contribution in [3.8, 4) is 0 Å². The molecule has 0 spiro atoms. The molecule has 0 amide bonds. The molecule has 0 saturated carbocycles. The summed E-state index contributed by atoms with van der Waals surface area (Å²) in [5, 5.41) is 4.28. The summed E-state index contributed by atoms with van der Waals surface area (Å²) in [5.74, 6) is 0.865. The van der Waals surface area contributed by atoms with E-state index in [9.17, 15) is 0 Å². The molecule has 2 aromatic rings. The summed E-state index contributed by atoms with van der Waals surface area (Å²) in [6.45, 7) is 4.62. The highest BCUT2D eigenvalue weighted by molar-refractivity contribution is 7.18. The first-order valence-electron chi connectivity index (χ1n) is 4.90. The Labute approximate surface area is 92.5 Å². The zero-order valence-electron chi connectivity index (χ0n) is 8.82. The lowest BCUT2D eigenvalue weighted by molar-refractivity contribution is 0.799. The predicted molar refractivity (Wildman–Crippen MR) is 64.3 cm³/mol. The number of hydrogen-bond acceptors (Lipinski definition) is 5. The van der Waals surface area contributed by atoms with E-state index in [0.29, 0.717) is 6.54 Å². The number of pyridine rings is 1. The number of nitrogens with zero attached hydrogens (tertiary/aromatic N) is 2. The van der Waals surface area contributed by atoms with E-state index >= 15 is 0 Å². The Morgan fingerprint density at radius 3 is 3.00 bits per heavy atom. The van der Waals surface area contributed by atoms with Crippen LogP contribution in [0.2, 0.25) is 0 Å².